The zero-order valence-electron chi connectivity index (χ0n) is 17.5. The Hall–Kier alpha value is -3.73. The SMILES string of the molecule is O=C(c1ccccc1)c1ccc(NC(=O)[C@H]2CC[C@@]3(CC2)OC(=O)c2ccccc23)cc1. The first-order valence-electron chi connectivity index (χ1n) is 10.9. The molecule has 0 unspecified atom stereocenters. The van der Waals surface area contributed by atoms with E-state index in [2.05, 4.69) is 5.32 Å². The molecule has 0 saturated heterocycles. The third kappa shape index (κ3) is 3.60. The third-order valence-corrected chi connectivity index (χ3v) is 6.54. The largest absolute Gasteiger partial charge is 0.451 e. The number of ketones is 1. The Bertz CT molecular complexity index is 1180. The van der Waals surface area contributed by atoms with Crippen molar-refractivity contribution in [3.8, 4) is 0 Å². The Kier molecular flexibility index (Phi) is 5.10. The second-order valence-electron chi connectivity index (χ2n) is 8.47. The Morgan fingerprint density at radius 3 is 2.16 bits per heavy atom. The van der Waals surface area contributed by atoms with Crippen LogP contribution in [-0.4, -0.2) is 17.7 Å². The highest BCUT2D eigenvalue weighted by molar-refractivity contribution is 6.09. The molecular formula is C27H23NO4. The molecule has 1 heterocycles. The van der Waals surface area contributed by atoms with Gasteiger partial charge in [0.05, 0.1) is 5.56 Å². The van der Waals surface area contributed by atoms with Gasteiger partial charge in [0.15, 0.2) is 5.78 Å². The lowest BCUT2D eigenvalue weighted by Gasteiger charge is -2.36. The van der Waals surface area contributed by atoms with Crippen molar-refractivity contribution in [2.75, 3.05) is 5.32 Å². The fourth-order valence-electron chi connectivity index (χ4n) is 4.77. The van der Waals surface area contributed by atoms with Crippen molar-refractivity contribution in [2.24, 2.45) is 5.92 Å². The quantitative estimate of drug-likeness (QED) is 0.466. The Balaban J connectivity index is 1.22. The summed E-state index contributed by atoms with van der Waals surface area (Å²) in [5.41, 5.74) is 2.87. The summed E-state index contributed by atoms with van der Waals surface area (Å²) < 4.78 is 5.78. The number of carbonyl (C=O) groups excluding carboxylic acids is 3. The number of esters is 1. The summed E-state index contributed by atoms with van der Waals surface area (Å²) in [5.74, 6) is -0.501. The number of hydrogen-bond acceptors (Lipinski definition) is 4. The maximum atomic E-state index is 12.8. The van der Waals surface area contributed by atoms with E-state index in [9.17, 15) is 14.4 Å². The van der Waals surface area contributed by atoms with Gasteiger partial charge in [-0.15, -0.1) is 0 Å². The zero-order chi connectivity index (χ0) is 22.1. The van der Waals surface area contributed by atoms with E-state index in [1.165, 1.54) is 0 Å². The topological polar surface area (TPSA) is 72.5 Å². The summed E-state index contributed by atoms with van der Waals surface area (Å²) in [7, 11) is 0. The highest BCUT2D eigenvalue weighted by Crippen LogP contribution is 2.48. The number of hydrogen-bond donors (Lipinski definition) is 1. The minimum absolute atomic E-state index is 0.0420. The van der Waals surface area contributed by atoms with Crippen molar-refractivity contribution in [1.29, 1.82) is 0 Å². The van der Waals surface area contributed by atoms with Crippen LogP contribution in [0, 0.1) is 5.92 Å². The van der Waals surface area contributed by atoms with E-state index in [4.69, 9.17) is 4.74 Å². The molecule has 1 fully saturated rings. The minimum atomic E-state index is -0.593. The van der Waals surface area contributed by atoms with Crippen LogP contribution in [-0.2, 0) is 15.1 Å². The van der Waals surface area contributed by atoms with Crippen LogP contribution in [0.5, 0.6) is 0 Å². The Morgan fingerprint density at radius 2 is 1.44 bits per heavy atom. The fraction of sp³-hybridized carbons (Fsp3) is 0.222. The molecule has 1 spiro atoms. The summed E-state index contributed by atoms with van der Waals surface area (Å²) in [6, 6.07) is 23.6. The predicted molar refractivity (Wildman–Crippen MR) is 120 cm³/mol. The van der Waals surface area contributed by atoms with Gasteiger partial charge in [0.1, 0.15) is 5.60 Å². The van der Waals surface area contributed by atoms with Crippen molar-refractivity contribution in [3.63, 3.8) is 0 Å². The molecule has 0 bridgehead atoms. The first-order chi connectivity index (χ1) is 15.6. The van der Waals surface area contributed by atoms with Gasteiger partial charge in [0.25, 0.3) is 0 Å². The summed E-state index contributed by atoms with van der Waals surface area (Å²) in [6.07, 6.45) is 2.58. The molecule has 1 aliphatic carbocycles. The fourth-order valence-corrected chi connectivity index (χ4v) is 4.77. The van der Waals surface area contributed by atoms with Crippen LogP contribution in [0.3, 0.4) is 0 Å². The molecule has 3 aromatic rings. The Labute approximate surface area is 186 Å². The normalized spacial score (nSPS) is 21.6. The van der Waals surface area contributed by atoms with Crippen molar-refractivity contribution >= 4 is 23.3 Å². The van der Waals surface area contributed by atoms with E-state index in [0.29, 0.717) is 48.1 Å². The van der Waals surface area contributed by atoms with Gasteiger partial charge in [-0.25, -0.2) is 4.79 Å². The average Bonchev–Trinajstić information content (AvgIpc) is 3.11. The van der Waals surface area contributed by atoms with Crippen LogP contribution in [0.15, 0.2) is 78.9 Å². The van der Waals surface area contributed by atoms with Gasteiger partial charge in [0, 0.05) is 28.3 Å². The molecule has 160 valence electrons. The van der Waals surface area contributed by atoms with Crippen LogP contribution in [0.2, 0.25) is 0 Å². The summed E-state index contributed by atoms with van der Waals surface area (Å²) in [4.78, 5) is 37.6. The summed E-state index contributed by atoms with van der Waals surface area (Å²) in [6.45, 7) is 0. The zero-order valence-corrected chi connectivity index (χ0v) is 17.5. The lowest BCUT2D eigenvalue weighted by atomic mass is 9.74. The molecule has 3 aromatic carbocycles. The molecule has 0 aromatic heterocycles. The first kappa shape index (κ1) is 20.2. The van der Waals surface area contributed by atoms with E-state index < -0.39 is 5.60 Å². The molecule has 2 aliphatic rings. The summed E-state index contributed by atoms with van der Waals surface area (Å²) in [5, 5.41) is 2.97. The van der Waals surface area contributed by atoms with E-state index >= 15 is 0 Å². The molecular weight excluding hydrogens is 402 g/mol. The molecule has 0 radical (unpaired) electrons. The number of fused-ring (bicyclic) bond motifs is 2. The van der Waals surface area contributed by atoms with Gasteiger partial charge in [0.2, 0.25) is 5.91 Å². The van der Waals surface area contributed by atoms with Gasteiger partial charge >= 0.3 is 5.97 Å². The van der Waals surface area contributed by atoms with Gasteiger partial charge in [-0.2, -0.15) is 0 Å². The van der Waals surface area contributed by atoms with Crippen molar-refractivity contribution < 1.29 is 19.1 Å². The smallest absolute Gasteiger partial charge is 0.339 e. The molecule has 5 heteroatoms. The van der Waals surface area contributed by atoms with Crippen LogP contribution < -0.4 is 5.32 Å². The summed E-state index contributed by atoms with van der Waals surface area (Å²) >= 11 is 0. The van der Waals surface area contributed by atoms with Crippen LogP contribution in [0.1, 0.15) is 57.5 Å². The van der Waals surface area contributed by atoms with Gasteiger partial charge in [-0.3, -0.25) is 9.59 Å². The number of nitrogens with one attached hydrogen (secondary N) is 1. The maximum absolute atomic E-state index is 12.8. The van der Waals surface area contributed by atoms with E-state index in [-0.39, 0.29) is 23.6 Å². The number of rotatable bonds is 4. The molecule has 1 amide bonds. The lowest BCUT2D eigenvalue weighted by molar-refractivity contribution is -0.122. The number of benzene rings is 3. The van der Waals surface area contributed by atoms with E-state index in [1.807, 2.05) is 36.4 Å². The van der Waals surface area contributed by atoms with E-state index in [0.717, 1.165) is 5.56 Å². The number of ether oxygens (including phenoxy) is 1. The van der Waals surface area contributed by atoms with Gasteiger partial charge < -0.3 is 10.1 Å². The van der Waals surface area contributed by atoms with Crippen LogP contribution in [0.4, 0.5) is 5.69 Å². The molecule has 5 rings (SSSR count). The Morgan fingerprint density at radius 1 is 0.812 bits per heavy atom. The van der Waals surface area contributed by atoms with Crippen LogP contribution >= 0.6 is 0 Å². The molecule has 5 nitrogen and oxygen atoms in total. The third-order valence-electron chi connectivity index (χ3n) is 6.54. The molecule has 32 heavy (non-hydrogen) atoms. The maximum Gasteiger partial charge on any atom is 0.339 e. The minimum Gasteiger partial charge on any atom is -0.451 e. The molecule has 1 aliphatic heterocycles. The molecule has 1 N–H and O–H groups in total. The van der Waals surface area contributed by atoms with E-state index in [1.54, 1.807) is 42.5 Å². The second-order valence-corrected chi connectivity index (χ2v) is 8.47. The number of carbonyl (C=O) groups is 3. The van der Waals surface area contributed by atoms with Crippen molar-refractivity contribution in [3.05, 3.63) is 101 Å². The highest BCUT2D eigenvalue weighted by Gasteiger charge is 2.48. The monoisotopic (exact) mass is 425 g/mol. The molecule has 1 saturated carbocycles. The highest BCUT2D eigenvalue weighted by atomic mass is 16.6. The predicted octanol–water partition coefficient (Wildman–Crippen LogP) is 5.11. The van der Waals surface area contributed by atoms with Crippen molar-refractivity contribution in [1.82, 2.24) is 0 Å². The first-order valence-corrected chi connectivity index (χ1v) is 10.9. The standard InChI is InChI=1S/C27H23NO4/c29-24(18-6-2-1-3-7-18)19-10-12-21(13-11-19)28-25(30)20-14-16-27(17-15-20)23-9-5-4-8-22(23)26(31)32-27/h1-13,20H,14-17H2,(H,28,30)/t20-,27-. The van der Waals surface area contributed by atoms with Crippen LogP contribution in [0.25, 0.3) is 0 Å². The average molecular weight is 425 g/mol. The lowest BCUT2D eigenvalue weighted by Crippen LogP contribution is -2.36. The van der Waals surface area contributed by atoms with Crippen molar-refractivity contribution in [2.45, 2.75) is 31.3 Å². The van der Waals surface area contributed by atoms with Gasteiger partial charge in [-0.05, 0) is 56.0 Å². The van der Waals surface area contributed by atoms with Gasteiger partial charge in [-0.1, -0.05) is 48.5 Å². The second kappa shape index (κ2) is 8.08. The molecule has 0 atom stereocenters. The number of amides is 1. The number of anilines is 1.